The minimum Gasteiger partial charge on any atom is -0.497 e. The highest BCUT2D eigenvalue weighted by atomic mass is 16.5. The number of ether oxygens (including phenoxy) is 3. The van der Waals surface area contributed by atoms with E-state index in [1.165, 1.54) is 25.7 Å². The smallest absolute Gasteiger partial charge is 0.291 e. The second kappa shape index (κ2) is 7.74. The molecule has 0 fully saturated rings. The predicted octanol–water partition coefficient (Wildman–Crippen LogP) is 1.27. The lowest BCUT2D eigenvalue weighted by Crippen LogP contribution is -2.19. The van der Waals surface area contributed by atoms with Gasteiger partial charge in [0.15, 0.2) is 5.69 Å². The van der Waals surface area contributed by atoms with Crippen molar-refractivity contribution < 1.29 is 19.0 Å². The SMILES string of the molecule is COc1cc(/C=N/NC(=O)c2cncc(OC)n2)cc(OC)c1. The summed E-state index contributed by atoms with van der Waals surface area (Å²) < 4.78 is 15.2. The third kappa shape index (κ3) is 4.40. The van der Waals surface area contributed by atoms with Crippen molar-refractivity contribution in [1.29, 1.82) is 0 Å². The molecule has 0 atom stereocenters. The number of nitrogens with zero attached hydrogens (tertiary/aromatic N) is 3. The van der Waals surface area contributed by atoms with E-state index >= 15 is 0 Å². The summed E-state index contributed by atoms with van der Waals surface area (Å²) in [5.74, 6) is 0.994. The Hall–Kier alpha value is -3.16. The summed E-state index contributed by atoms with van der Waals surface area (Å²) in [4.78, 5) is 19.7. The molecule has 8 nitrogen and oxygen atoms in total. The molecule has 0 aliphatic rings. The zero-order valence-corrected chi connectivity index (χ0v) is 12.9. The van der Waals surface area contributed by atoms with Crippen molar-refractivity contribution in [1.82, 2.24) is 15.4 Å². The lowest BCUT2D eigenvalue weighted by Gasteiger charge is -2.05. The molecule has 1 aromatic carbocycles. The fourth-order valence-electron chi connectivity index (χ4n) is 1.68. The van der Waals surface area contributed by atoms with Crippen molar-refractivity contribution >= 4 is 12.1 Å². The van der Waals surface area contributed by atoms with Crippen LogP contribution in [0.3, 0.4) is 0 Å². The van der Waals surface area contributed by atoms with E-state index in [0.29, 0.717) is 17.1 Å². The van der Waals surface area contributed by atoms with Gasteiger partial charge >= 0.3 is 0 Å². The van der Waals surface area contributed by atoms with Gasteiger partial charge in [0.1, 0.15) is 11.5 Å². The van der Waals surface area contributed by atoms with Gasteiger partial charge in [0.05, 0.1) is 39.9 Å². The van der Waals surface area contributed by atoms with Crippen LogP contribution in [-0.2, 0) is 0 Å². The first kappa shape index (κ1) is 16.2. The third-order valence-corrected chi connectivity index (χ3v) is 2.81. The number of carbonyl (C=O) groups excluding carboxylic acids is 1. The van der Waals surface area contributed by atoms with E-state index in [4.69, 9.17) is 14.2 Å². The molecule has 120 valence electrons. The van der Waals surface area contributed by atoms with Crippen LogP contribution in [0.1, 0.15) is 16.1 Å². The Morgan fingerprint density at radius 2 is 1.78 bits per heavy atom. The number of hydrazone groups is 1. The Bertz CT molecular complexity index is 696. The highest BCUT2D eigenvalue weighted by Gasteiger charge is 2.08. The van der Waals surface area contributed by atoms with Crippen molar-refractivity contribution in [2.45, 2.75) is 0 Å². The fourth-order valence-corrected chi connectivity index (χ4v) is 1.68. The molecule has 2 aromatic rings. The van der Waals surface area contributed by atoms with Crippen LogP contribution in [0, 0.1) is 0 Å². The standard InChI is InChI=1S/C15H16N4O4/c1-21-11-4-10(5-12(6-11)22-2)7-17-19-15(20)13-8-16-9-14(18-13)23-3/h4-9H,1-3H3,(H,19,20)/b17-7+. The fraction of sp³-hybridized carbons (Fsp3) is 0.200. The summed E-state index contributed by atoms with van der Waals surface area (Å²) in [5, 5.41) is 3.88. The molecular weight excluding hydrogens is 300 g/mol. The van der Waals surface area contributed by atoms with Gasteiger partial charge in [0, 0.05) is 11.6 Å². The number of amides is 1. The van der Waals surface area contributed by atoms with E-state index in [0.717, 1.165) is 0 Å². The van der Waals surface area contributed by atoms with Gasteiger partial charge in [-0.05, 0) is 12.1 Å². The highest BCUT2D eigenvalue weighted by Crippen LogP contribution is 2.21. The summed E-state index contributed by atoms with van der Waals surface area (Å²) in [6.45, 7) is 0. The summed E-state index contributed by atoms with van der Waals surface area (Å²) in [6.07, 6.45) is 4.20. The molecule has 1 aromatic heterocycles. The van der Waals surface area contributed by atoms with Gasteiger partial charge in [-0.15, -0.1) is 0 Å². The first-order chi connectivity index (χ1) is 11.2. The van der Waals surface area contributed by atoms with E-state index in [1.54, 1.807) is 32.4 Å². The van der Waals surface area contributed by atoms with Gasteiger partial charge < -0.3 is 14.2 Å². The first-order valence-corrected chi connectivity index (χ1v) is 6.58. The van der Waals surface area contributed by atoms with Crippen molar-refractivity contribution in [3.8, 4) is 17.4 Å². The monoisotopic (exact) mass is 316 g/mol. The number of nitrogens with one attached hydrogen (secondary N) is 1. The number of hydrogen-bond donors (Lipinski definition) is 1. The summed E-state index contributed by atoms with van der Waals surface area (Å²) >= 11 is 0. The van der Waals surface area contributed by atoms with Crippen molar-refractivity contribution in [2.75, 3.05) is 21.3 Å². The maximum atomic E-state index is 11.9. The molecule has 0 saturated heterocycles. The quantitative estimate of drug-likeness (QED) is 0.637. The zero-order chi connectivity index (χ0) is 16.7. The molecule has 1 heterocycles. The van der Waals surface area contributed by atoms with Crippen LogP contribution in [0.25, 0.3) is 0 Å². The average Bonchev–Trinajstić information content (AvgIpc) is 2.61. The number of rotatable bonds is 6. The Morgan fingerprint density at radius 3 is 2.39 bits per heavy atom. The molecule has 0 aliphatic heterocycles. The minimum absolute atomic E-state index is 0.102. The van der Waals surface area contributed by atoms with E-state index in [1.807, 2.05) is 0 Å². The molecule has 1 N–H and O–H groups in total. The van der Waals surface area contributed by atoms with Crippen LogP contribution in [0.5, 0.6) is 17.4 Å². The second-order valence-electron chi connectivity index (χ2n) is 4.29. The minimum atomic E-state index is -0.498. The molecule has 23 heavy (non-hydrogen) atoms. The summed E-state index contributed by atoms with van der Waals surface area (Å²) in [5.41, 5.74) is 3.17. The normalized spacial score (nSPS) is 10.4. The Morgan fingerprint density at radius 1 is 1.09 bits per heavy atom. The number of methoxy groups -OCH3 is 3. The topological polar surface area (TPSA) is 94.9 Å². The van der Waals surface area contributed by atoms with Crippen LogP contribution in [0.15, 0.2) is 35.7 Å². The van der Waals surface area contributed by atoms with Crippen LogP contribution in [0.2, 0.25) is 0 Å². The lowest BCUT2D eigenvalue weighted by molar-refractivity contribution is 0.0949. The first-order valence-electron chi connectivity index (χ1n) is 6.58. The zero-order valence-electron chi connectivity index (χ0n) is 12.9. The van der Waals surface area contributed by atoms with Gasteiger partial charge in [-0.3, -0.25) is 9.78 Å². The van der Waals surface area contributed by atoms with Crippen molar-refractivity contribution in [3.05, 3.63) is 41.9 Å². The second-order valence-corrected chi connectivity index (χ2v) is 4.29. The number of benzene rings is 1. The summed E-state index contributed by atoms with van der Waals surface area (Å²) in [7, 11) is 4.55. The lowest BCUT2D eigenvalue weighted by atomic mass is 10.2. The maximum Gasteiger partial charge on any atom is 0.291 e. The predicted molar refractivity (Wildman–Crippen MR) is 83.2 cm³/mol. The van der Waals surface area contributed by atoms with E-state index in [2.05, 4.69) is 20.5 Å². The molecule has 8 heteroatoms. The molecule has 0 spiro atoms. The molecular formula is C15H16N4O4. The number of hydrogen-bond acceptors (Lipinski definition) is 7. The van der Waals surface area contributed by atoms with Gasteiger partial charge in [-0.25, -0.2) is 10.4 Å². The van der Waals surface area contributed by atoms with Gasteiger partial charge in [0.2, 0.25) is 5.88 Å². The Kier molecular flexibility index (Phi) is 5.45. The summed E-state index contributed by atoms with van der Waals surface area (Å²) in [6, 6.07) is 5.24. The maximum absolute atomic E-state index is 11.9. The average molecular weight is 316 g/mol. The van der Waals surface area contributed by atoms with E-state index in [-0.39, 0.29) is 11.6 Å². The molecule has 1 amide bonds. The van der Waals surface area contributed by atoms with Gasteiger partial charge in [-0.2, -0.15) is 5.10 Å². The van der Waals surface area contributed by atoms with Crippen LogP contribution in [-0.4, -0.2) is 43.4 Å². The number of aromatic nitrogens is 2. The largest absolute Gasteiger partial charge is 0.497 e. The Balaban J connectivity index is 2.07. The molecule has 2 rings (SSSR count). The van der Waals surface area contributed by atoms with Crippen molar-refractivity contribution in [3.63, 3.8) is 0 Å². The molecule has 0 bridgehead atoms. The van der Waals surface area contributed by atoms with Crippen LogP contribution >= 0.6 is 0 Å². The van der Waals surface area contributed by atoms with E-state index < -0.39 is 5.91 Å². The molecule has 0 saturated carbocycles. The van der Waals surface area contributed by atoms with Crippen LogP contribution in [0.4, 0.5) is 0 Å². The Labute approximate surface area is 133 Å². The molecule has 0 radical (unpaired) electrons. The molecule has 0 aliphatic carbocycles. The third-order valence-electron chi connectivity index (χ3n) is 2.81. The molecule has 0 unspecified atom stereocenters. The van der Waals surface area contributed by atoms with E-state index in [9.17, 15) is 4.79 Å². The number of carbonyl (C=O) groups is 1. The highest BCUT2D eigenvalue weighted by molar-refractivity contribution is 5.93. The van der Waals surface area contributed by atoms with Gasteiger partial charge in [0.25, 0.3) is 5.91 Å². The van der Waals surface area contributed by atoms with Crippen molar-refractivity contribution in [2.24, 2.45) is 5.10 Å². The van der Waals surface area contributed by atoms with Crippen LogP contribution < -0.4 is 19.6 Å². The van der Waals surface area contributed by atoms with Gasteiger partial charge in [-0.1, -0.05) is 0 Å².